The highest BCUT2D eigenvalue weighted by Gasteiger charge is 2.27. The molecule has 1 unspecified atom stereocenters. The summed E-state index contributed by atoms with van der Waals surface area (Å²) in [5.41, 5.74) is 1.30. The zero-order chi connectivity index (χ0) is 19.1. The van der Waals surface area contributed by atoms with Crippen molar-refractivity contribution in [2.24, 2.45) is 0 Å². The van der Waals surface area contributed by atoms with Crippen LogP contribution in [0.15, 0.2) is 72.1 Å². The molecule has 3 aromatic rings. The summed E-state index contributed by atoms with van der Waals surface area (Å²) in [5.74, 6) is 0.952. The summed E-state index contributed by atoms with van der Waals surface area (Å²) in [6.07, 6.45) is 7.76. The number of thioether (sulfide) groups is 1. The third-order valence-corrected chi connectivity index (χ3v) is 6.07. The van der Waals surface area contributed by atoms with Crippen LogP contribution in [0, 0.1) is 0 Å². The largest absolute Gasteiger partial charge is 0.493 e. The normalized spacial score (nSPS) is 13.3. The van der Waals surface area contributed by atoms with E-state index < -0.39 is 0 Å². The first-order valence-electron chi connectivity index (χ1n) is 9.19. The fraction of sp³-hybridized carbons (Fsp3) is 0.318. The molecule has 3 nitrogen and oxygen atoms in total. The van der Waals surface area contributed by atoms with Crippen LogP contribution in [0.4, 0.5) is 0 Å². The molecule has 3 rings (SSSR count). The van der Waals surface area contributed by atoms with Crippen molar-refractivity contribution in [2.75, 3.05) is 6.61 Å². The number of para-hydroxylation sites is 1. The minimum Gasteiger partial charge on any atom is -0.493 e. The van der Waals surface area contributed by atoms with E-state index in [-0.39, 0.29) is 4.75 Å². The summed E-state index contributed by atoms with van der Waals surface area (Å²) in [5, 5.41) is 0.778. The van der Waals surface area contributed by atoms with Gasteiger partial charge in [-0.3, -0.25) is 0 Å². The minimum atomic E-state index is -0.00641. The molecule has 142 valence electrons. The quantitative estimate of drug-likeness (QED) is 0.405. The molecule has 0 saturated carbocycles. The Labute approximate surface area is 170 Å². The molecule has 0 radical (unpaired) electrons. The lowest BCUT2D eigenvalue weighted by molar-refractivity contribution is 0.332. The Morgan fingerprint density at radius 3 is 2.63 bits per heavy atom. The Bertz CT molecular complexity index is 836. The number of nitrogens with zero attached hydrogens (tertiary/aromatic N) is 2. The molecule has 0 aliphatic heterocycles. The lowest BCUT2D eigenvalue weighted by Gasteiger charge is -2.30. The standard InChI is InChI=1S/C22H25ClN2OS/c1-3-26-20-6-4-5-7-21(20)27-22(2,16-25-15-14-24-17-25)13-12-18-8-10-19(23)11-9-18/h4-11,14-15,17H,3,12-13,16H2,1-2H3. The topological polar surface area (TPSA) is 27.1 Å². The van der Waals surface area contributed by atoms with Crippen LogP contribution >= 0.6 is 23.4 Å². The summed E-state index contributed by atoms with van der Waals surface area (Å²) in [6, 6.07) is 16.4. The van der Waals surface area contributed by atoms with Crippen LogP contribution in [0.2, 0.25) is 5.02 Å². The third kappa shape index (κ3) is 5.78. The van der Waals surface area contributed by atoms with Gasteiger partial charge in [-0.1, -0.05) is 35.9 Å². The SMILES string of the molecule is CCOc1ccccc1SC(C)(CCc1ccc(Cl)cc1)Cn1ccnc1. The second kappa shape index (κ2) is 9.34. The molecular formula is C22H25ClN2OS. The number of aromatic nitrogens is 2. The summed E-state index contributed by atoms with van der Waals surface area (Å²) >= 11 is 7.90. The Morgan fingerprint density at radius 1 is 1.15 bits per heavy atom. The van der Waals surface area contributed by atoms with E-state index >= 15 is 0 Å². The number of halogens is 1. The summed E-state index contributed by atoms with van der Waals surface area (Å²) in [4.78, 5) is 5.38. The highest BCUT2D eigenvalue weighted by atomic mass is 35.5. The van der Waals surface area contributed by atoms with Crippen LogP contribution in [0.5, 0.6) is 5.75 Å². The molecular weight excluding hydrogens is 376 g/mol. The highest BCUT2D eigenvalue weighted by molar-refractivity contribution is 8.00. The van der Waals surface area contributed by atoms with Gasteiger partial charge in [0.1, 0.15) is 5.75 Å². The zero-order valence-corrected chi connectivity index (χ0v) is 17.3. The molecule has 0 amide bonds. The molecule has 1 atom stereocenters. The Balaban J connectivity index is 1.80. The highest BCUT2D eigenvalue weighted by Crippen LogP contribution is 2.42. The maximum atomic E-state index is 6.02. The minimum absolute atomic E-state index is 0.00641. The van der Waals surface area contributed by atoms with Gasteiger partial charge in [0.15, 0.2) is 0 Å². The fourth-order valence-corrected chi connectivity index (χ4v) is 4.51. The smallest absolute Gasteiger partial charge is 0.132 e. The first-order chi connectivity index (χ1) is 13.1. The van der Waals surface area contributed by atoms with Crippen LogP contribution in [0.3, 0.4) is 0 Å². The van der Waals surface area contributed by atoms with E-state index in [1.807, 2.05) is 61.7 Å². The van der Waals surface area contributed by atoms with Crippen molar-refractivity contribution < 1.29 is 4.74 Å². The van der Waals surface area contributed by atoms with E-state index in [1.165, 1.54) is 10.5 Å². The van der Waals surface area contributed by atoms with Gasteiger partial charge >= 0.3 is 0 Å². The van der Waals surface area contributed by atoms with Gasteiger partial charge in [-0.15, -0.1) is 11.8 Å². The molecule has 0 N–H and O–H groups in total. The van der Waals surface area contributed by atoms with Gasteiger partial charge in [0.2, 0.25) is 0 Å². The maximum absolute atomic E-state index is 6.02. The van der Waals surface area contributed by atoms with E-state index in [4.69, 9.17) is 16.3 Å². The molecule has 0 aliphatic rings. The van der Waals surface area contributed by atoms with Crippen molar-refractivity contribution in [1.82, 2.24) is 9.55 Å². The molecule has 0 bridgehead atoms. The second-order valence-corrected chi connectivity index (χ2v) is 8.86. The molecule has 0 saturated heterocycles. The second-order valence-electron chi connectivity index (χ2n) is 6.79. The monoisotopic (exact) mass is 400 g/mol. The van der Waals surface area contributed by atoms with Gasteiger partial charge in [-0.05, 0) is 56.5 Å². The van der Waals surface area contributed by atoms with Gasteiger partial charge in [-0.2, -0.15) is 0 Å². The number of imidazole rings is 1. The zero-order valence-electron chi connectivity index (χ0n) is 15.8. The number of hydrogen-bond acceptors (Lipinski definition) is 3. The fourth-order valence-electron chi connectivity index (χ4n) is 3.06. The average molecular weight is 401 g/mol. The summed E-state index contributed by atoms with van der Waals surface area (Å²) in [7, 11) is 0. The van der Waals surface area contributed by atoms with Gasteiger partial charge in [0.25, 0.3) is 0 Å². The number of hydrogen-bond donors (Lipinski definition) is 0. The van der Waals surface area contributed by atoms with Crippen molar-refractivity contribution in [3.63, 3.8) is 0 Å². The van der Waals surface area contributed by atoms with Crippen molar-refractivity contribution in [2.45, 2.75) is 42.9 Å². The van der Waals surface area contributed by atoms with Crippen LogP contribution in [0.1, 0.15) is 25.8 Å². The van der Waals surface area contributed by atoms with E-state index in [0.29, 0.717) is 6.61 Å². The predicted molar refractivity (Wildman–Crippen MR) is 114 cm³/mol. The van der Waals surface area contributed by atoms with Gasteiger partial charge in [0.05, 0.1) is 12.9 Å². The molecule has 1 aromatic heterocycles. The molecule has 5 heteroatoms. The van der Waals surface area contributed by atoms with Crippen LogP contribution in [0.25, 0.3) is 0 Å². The Morgan fingerprint density at radius 2 is 1.93 bits per heavy atom. The average Bonchev–Trinajstić information content (AvgIpc) is 3.16. The molecule has 1 heterocycles. The Hall–Kier alpha value is -1.91. The van der Waals surface area contributed by atoms with Crippen molar-refractivity contribution >= 4 is 23.4 Å². The lowest BCUT2D eigenvalue weighted by Crippen LogP contribution is -2.27. The van der Waals surface area contributed by atoms with Gasteiger partial charge in [-0.25, -0.2) is 4.98 Å². The molecule has 0 aliphatic carbocycles. The van der Waals surface area contributed by atoms with Crippen LogP contribution in [-0.4, -0.2) is 20.9 Å². The van der Waals surface area contributed by atoms with Crippen molar-refractivity contribution in [3.8, 4) is 5.75 Å². The molecule has 0 spiro atoms. The van der Waals surface area contributed by atoms with Gasteiger partial charge < -0.3 is 9.30 Å². The third-order valence-electron chi connectivity index (χ3n) is 4.44. The molecule has 2 aromatic carbocycles. The first-order valence-corrected chi connectivity index (χ1v) is 10.4. The predicted octanol–water partition coefficient (Wildman–Crippen LogP) is 6.12. The van der Waals surface area contributed by atoms with Gasteiger partial charge in [0, 0.05) is 33.6 Å². The molecule has 27 heavy (non-hydrogen) atoms. The van der Waals surface area contributed by atoms with E-state index in [9.17, 15) is 0 Å². The number of benzene rings is 2. The molecule has 0 fully saturated rings. The maximum Gasteiger partial charge on any atom is 0.132 e. The van der Waals surface area contributed by atoms with Crippen molar-refractivity contribution in [3.05, 3.63) is 77.8 Å². The first kappa shape index (κ1) is 19.8. The van der Waals surface area contributed by atoms with E-state index in [0.717, 1.165) is 30.2 Å². The Kier molecular flexibility index (Phi) is 6.86. The number of aryl methyl sites for hydroxylation is 1. The number of rotatable bonds is 9. The van der Waals surface area contributed by atoms with Crippen LogP contribution in [-0.2, 0) is 13.0 Å². The number of ether oxygens (including phenoxy) is 1. The summed E-state index contributed by atoms with van der Waals surface area (Å²) in [6.45, 7) is 5.88. The van der Waals surface area contributed by atoms with E-state index in [1.54, 1.807) is 0 Å². The lowest BCUT2D eigenvalue weighted by atomic mass is 10.00. The van der Waals surface area contributed by atoms with E-state index in [2.05, 4.69) is 40.7 Å². The van der Waals surface area contributed by atoms with Crippen LogP contribution < -0.4 is 4.74 Å². The van der Waals surface area contributed by atoms with Crippen molar-refractivity contribution in [1.29, 1.82) is 0 Å². The summed E-state index contributed by atoms with van der Waals surface area (Å²) < 4.78 is 7.98.